The average Bonchev–Trinajstić information content (AvgIpc) is 2.74. The van der Waals surface area contributed by atoms with Crippen molar-refractivity contribution in [3.05, 3.63) is 21.9 Å². The zero-order valence-electron chi connectivity index (χ0n) is 10.3. The topological polar surface area (TPSA) is 24.1 Å². The van der Waals surface area contributed by atoms with Gasteiger partial charge in [-0.15, -0.1) is 11.3 Å². The fraction of sp³-hybridized carbons (Fsp3) is 0.692. The van der Waals surface area contributed by atoms with E-state index in [4.69, 9.17) is 0 Å². The van der Waals surface area contributed by atoms with Crippen LogP contribution >= 0.6 is 11.3 Å². The molecule has 0 amide bonds. The molecule has 2 nitrogen and oxygen atoms in total. The van der Waals surface area contributed by atoms with Gasteiger partial charge in [-0.3, -0.25) is 0 Å². The van der Waals surface area contributed by atoms with Gasteiger partial charge in [-0.05, 0) is 64.4 Å². The lowest BCUT2D eigenvalue weighted by Crippen LogP contribution is -2.34. The largest absolute Gasteiger partial charge is 0.317 e. The Morgan fingerprint density at radius 1 is 1.44 bits per heavy atom. The monoisotopic (exact) mass is 238 g/mol. The van der Waals surface area contributed by atoms with Crippen LogP contribution in [0.15, 0.2) is 12.1 Å². The van der Waals surface area contributed by atoms with Gasteiger partial charge in [-0.2, -0.15) is 0 Å². The van der Waals surface area contributed by atoms with Crippen LogP contribution < -0.4 is 10.6 Å². The van der Waals surface area contributed by atoms with E-state index in [1.165, 1.54) is 42.2 Å². The minimum Gasteiger partial charge on any atom is -0.317 e. The molecule has 1 unspecified atom stereocenters. The molecule has 2 heterocycles. The van der Waals surface area contributed by atoms with E-state index in [2.05, 4.69) is 36.6 Å². The van der Waals surface area contributed by atoms with E-state index in [-0.39, 0.29) is 0 Å². The molecule has 2 N–H and O–H groups in total. The minimum atomic E-state index is 0.508. The first-order chi connectivity index (χ1) is 7.75. The molecule has 1 aromatic rings. The van der Waals surface area contributed by atoms with E-state index in [0.29, 0.717) is 6.04 Å². The highest BCUT2D eigenvalue weighted by Gasteiger charge is 2.14. The van der Waals surface area contributed by atoms with Crippen LogP contribution in [0.1, 0.15) is 35.6 Å². The molecule has 0 bridgehead atoms. The molecule has 0 spiro atoms. The molecule has 1 aromatic heterocycles. The maximum absolute atomic E-state index is 3.66. The Morgan fingerprint density at radius 3 is 2.81 bits per heavy atom. The molecule has 16 heavy (non-hydrogen) atoms. The van der Waals surface area contributed by atoms with Gasteiger partial charge in [0.15, 0.2) is 0 Å². The quantitative estimate of drug-likeness (QED) is 0.843. The van der Waals surface area contributed by atoms with Crippen molar-refractivity contribution in [3.63, 3.8) is 0 Å². The predicted molar refractivity (Wildman–Crippen MR) is 71.1 cm³/mol. The van der Waals surface area contributed by atoms with Crippen molar-refractivity contribution in [2.24, 2.45) is 5.92 Å². The van der Waals surface area contributed by atoms with E-state index in [1.54, 1.807) is 0 Å². The molecule has 1 aliphatic rings. The normalized spacial score (nSPS) is 19.9. The number of rotatable bonds is 4. The van der Waals surface area contributed by atoms with Gasteiger partial charge in [0.1, 0.15) is 0 Å². The fourth-order valence-electron chi connectivity index (χ4n) is 2.22. The summed E-state index contributed by atoms with van der Waals surface area (Å²) in [5.41, 5.74) is 0. The number of aryl methyl sites for hydroxylation is 1. The molecule has 0 radical (unpaired) electrons. The highest BCUT2D eigenvalue weighted by atomic mass is 32.1. The standard InChI is InChI=1S/C13H22N2S/c1-10-3-4-13(16-10)11(2)15-9-12-5-7-14-8-6-12/h3-4,11-12,14-15H,5-9H2,1-2H3. The third kappa shape index (κ3) is 3.30. The molecule has 0 saturated carbocycles. The summed E-state index contributed by atoms with van der Waals surface area (Å²) < 4.78 is 0. The maximum Gasteiger partial charge on any atom is 0.0386 e. The van der Waals surface area contributed by atoms with Gasteiger partial charge in [0.2, 0.25) is 0 Å². The summed E-state index contributed by atoms with van der Waals surface area (Å²) >= 11 is 1.91. The van der Waals surface area contributed by atoms with Crippen molar-refractivity contribution in [1.82, 2.24) is 10.6 Å². The van der Waals surface area contributed by atoms with Crippen molar-refractivity contribution >= 4 is 11.3 Å². The summed E-state index contributed by atoms with van der Waals surface area (Å²) in [6, 6.07) is 4.97. The summed E-state index contributed by atoms with van der Waals surface area (Å²) in [4.78, 5) is 2.87. The van der Waals surface area contributed by atoms with Gasteiger partial charge in [0.05, 0.1) is 0 Å². The second-order valence-corrected chi connectivity index (χ2v) is 6.09. The van der Waals surface area contributed by atoms with Crippen LogP contribution in [0.4, 0.5) is 0 Å². The first-order valence-corrected chi connectivity index (χ1v) is 7.08. The smallest absolute Gasteiger partial charge is 0.0386 e. The van der Waals surface area contributed by atoms with Gasteiger partial charge in [0, 0.05) is 15.8 Å². The van der Waals surface area contributed by atoms with Crippen LogP contribution in [0, 0.1) is 12.8 Å². The molecule has 1 fully saturated rings. The summed E-state index contributed by atoms with van der Waals surface area (Å²) in [6.45, 7) is 8.00. The van der Waals surface area contributed by atoms with E-state index >= 15 is 0 Å². The van der Waals surface area contributed by atoms with E-state index in [1.807, 2.05) is 11.3 Å². The van der Waals surface area contributed by atoms with E-state index < -0.39 is 0 Å². The summed E-state index contributed by atoms with van der Waals surface area (Å²) in [5, 5.41) is 7.08. The van der Waals surface area contributed by atoms with Gasteiger partial charge in [0.25, 0.3) is 0 Å². The first-order valence-electron chi connectivity index (χ1n) is 6.26. The van der Waals surface area contributed by atoms with Crippen molar-refractivity contribution < 1.29 is 0 Å². The Balaban J connectivity index is 1.76. The molecule has 1 aliphatic heterocycles. The lowest BCUT2D eigenvalue weighted by atomic mass is 9.98. The zero-order chi connectivity index (χ0) is 11.4. The summed E-state index contributed by atoms with van der Waals surface area (Å²) in [6.07, 6.45) is 2.65. The Labute approximate surface area is 102 Å². The molecule has 3 heteroatoms. The number of hydrogen-bond acceptors (Lipinski definition) is 3. The van der Waals surface area contributed by atoms with Crippen molar-refractivity contribution in [3.8, 4) is 0 Å². The highest BCUT2D eigenvalue weighted by Crippen LogP contribution is 2.22. The van der Waals surface area contributed by atoms with Gasteiger partial charge >= 0.3 is 0 Å². The Morgan fingerprint density at radius 2 is 2.19 bits per heavy atom. The molecular weight excluding hydrogens is 216 g/mol. The third-order valence-corrected chi connectivity index (χ3v) is 4.54. The van der Waals surface area contributed by atoms with Crippen LogP contribution in [-0.4, -0.2) is 19.6 Å². The van der Waals surface area contributed by atoms with Crippen LogP contribution in [0.5, 0.6) is 0 Å². The minimum absolute atomic E-state index is 0.508. The Bertz CT molecular complexity index is 315. The van der Waals surface area contributed by atoms with Crippen molar-refractivity contribution in [2.45, 2.75) is 32.7 Å². The molecule has 0 aromatic carbocycles. The van der Waals surface area contributed by atoms with E-state index in [0.717, 1.165) is 5.92 Å². The molecule has 1 atom stereocenters. The predicted octanol–water partition coefficient (Wildman–Crippen LogP) is 2.71. The molecule has 1 saturated heterocycles. The summed E-state index contributed by atoms with van der Waals surface area (Å²) in [5.74, 6) is 0.866. The van der Waals surface area contributed by atoms with Crippen molar-refractivity contribution in [2.75, 3.05) is 19.6 Å². The van der Waals surface area contributed by atoms with E-state index in [9.17, 15) is 0 Å². The van der Waals surface area contributed by atoms with Crippen LogP contribution in [0.3, 0.4) is 0 Å². The summed E-state index contributed by atoms with van der Waals surface area (Å²) in [7, 11) is 0. The first kappa shape index (κ1) is 12.1. The second-order valence-electron chi connectivity index (χ2n) is 4.77. The highest BCUT2D eigenvalue weighted by molar-refractivity contribution is 7.12. The number of piperidine rings is 1. The second kappa shape index (κ2) is 5.80. The lowest BCUT2D eigenvalue weighted by molar-refractivity contribution is 0.346. The Hall–Kier alpha value is -0.380. The number of hydrogen-bond donors (Lipinski definition) is 2. The van der Waals surface area contributed by atoms with Crippen LogP contribution in [-0.2, 0) is 0 Å². The fourth-order valence-corrected chi connectivity index (χ4v) is 3.12. The van der Waals surface area contributed by atoms with Crippen molar-refractivity contribution in [1.29, 1.82) is 0 Å². The third-order valence-electron chi connectivity index (χ3n) is 3.36. The molecule has 0 aliphatic carbocycles. The lowest BCUT2D eigenvalue weighted by Gasteiger charge is -2.24. The van der Waals surface area contributed by atoms with Crippen LogP contribution in [0.2, 0.25) is 0 Å². The number of thiophene rings is 1. The SMILES string of the molecule is Cc1ccc(C(C)NCC2CCNCC2)s1. The zero-order valence-corrected chi connectivity index (χ0v) is 11.1. The maximum atomic E-state index is 3.66. The molecule has 2 rings (SSSR count). The number of nitrogens with one attached hydrogen (secondary N) is 2. The van der Waals surface area contributed by atoms with Gasteiger partial charge < -0.3 is 10.6 Å². The molecule has 90 valence electrons. The Kier molecular flexibility index (Phi) is 4.38. The van der Waals surface area contributed by atoms with Gasteiger partial charge in [-0.1, -0.05) is 0 Å². The van der Waals surface area contributed by atoms with Gasteiger partial charge in [-0.25, -0.2) is 0 Å². The van der Waals surface area contributed by atoms with Crippen LogP contribution in [0.25, 0.3) is 0 Å². The molecular formula is C13H22N2S. The average molecular weight is 238 g/mol.